The highest BCUT2D eigenvalue weighted by Crippen LogP contribution is 2.32. The number of hydrogen-bond acceptors (Lipinski definition) is 6. The minimum Gasteiger partial charge on any atom is -0.497 e. The molecule has 1 aliphatic heterocycles. The van der Waals surface area contributed by atoms with Crippen molar-refractivity contribution in [2.45, 2.75) is 0 Å². The molecule has 0 saturated carbocycles. The van der Waals surface area contributed by atoms with Gasteiger partial charge in [-0.05, 0) is 48.5 Å². The van der Waals surface area contributed by atoms with Gasteiger partial charge in [-0.15, -0.1) is 10.2 Å². The van der Waals surface area contributed by atoms with Crippen molar-refractivity contribution in [2.24, 2.45) is 0 Å². The second kappa shape index (κ2) is 9.22. The zero-order valence-electron chi connectivity index (χ0n) is 17.4. The van der Waals surface area contributed by atoms with Crippen LogP contribution in [0.1, 0.15) is 10.4 Å². The Hall–Kier alpha value is -3.32. The van der Waals surface area contributed by atoms with E-state index in [2.05, 4.69) is 15.1 Å². The first kappa shape index (κ1) is 20.9. The third kappa shape index (κ3) is 4.56. The van der Waals surface area contributed by atoms with Crippen LogP contribution >= 0.6 is 11.6 Å². The normalized spacial score (nSPS) is 13.8. The summed E-state index contributed by atoms with van der Waals surface area (Å²) in [5.74, 6) is 2.20. The second-order valence-corrected chi connectivity index (χ2v) is 7.57. The van der Waals surface area contributed by atoms with E-state index in [1.165, 1.54) is 0 Å². The first-order valence-electron chi connectivity index (χ1n) is 9.95. The number of anilines is 1. The van der Waals surface area contributed by atoms with Crippen LogP contribution in [0.15, 0.2) is 54.6 Å². The first-order chi connectivity index (χ1) is 15.1. The topological polar surface area (TPSA) is 67.8 Å². The smallest absolute Gasteiger partial charge is 0.254 e. The van der Waals surface area contributed by atoms with Crippen LogP contribution < -0.4 is 14.4 Å². The summed E-state index contributed by atoms with van der Waals surface area (Å²) in [6, 6.07) is 16.5. The maximum atomic E-state index is 12.7. The first-order valence-corrected chi connectivity index (χ1v) is 10.3. The predicted octanol–water partition coefficient (Wildman–Crippen LogP) is 3.78. The van der Waals surface area contributed by atoms with E-state index in [4.69, 9.17) is 21.1 Å². The molecule has 0 aliphatic carbocycles. The quantitative estimate of drug-likeness (QED) is 0.604. The van der Waals surface area contributed by atoms with Gasteiger partial charge < -0.3 is 19.3 Å². The number of nitrogens with zero attached hydrogens (tertiary/aromatic N) is 4. The monoisotopic (exact) mass is 438 g/mol. The highest BCUT2D eigenvalue weighted by Gasteiger charge is 2.23. The van der Waals surface area contributed by atoms with Gasteiger partial charge in [0.2, 0.25) is 0 Å². The SMILES string of the molecule is COc1ccc(OC)c(-c2ccc(N3CCN(C(=O)c4cccc(Cl)c4)CC3)nn2)c1. The summed E-state index contributed by atoms with van der Waals surface area (Å²) in [5.41, 5.74) is 2.13. The fraction of sp³-hybridized carbons (Fsp3) is 0.261. The van der Waals surface area contributed by atoms with Crippen LogP contribution in [0.2, 0.25) is 5.02 Å². The number of amides is 1. The van der Waals surface area contributed by atoms with Crippen molar-refractivity contribution in [1.29, 1.82) is 0 Å². The average Bonchev–Trinajstić information content (AvgIpc) is 2.83. The number of piperazine rings is 1. The molecular weight excluding hydrogens is 416 g/mol. The third-order valence-electron chi connectivity index (χ3n) is 5.30. The lowest BCUT2D eigenvalue weighted by Gasteiger charge is -2.35. The third-order valence-corrected chi connectivity index (χ3v) is 5.53. The van der Waals surface area contributed by atoms with Crippen LogP contribution in [-0.4, -0.2) is 61.4 Å². The fourth-order valence-corrected chi connectivity index (χ4v) is 3.78. The molecule has 0 radical (unpaired) electrons. The maximum Gasteiger partial charge on any atom is 0.254 e. The number of carbonyl (C=O) groups excluding carboxylic acids is 1. The van der Waals surface area contributed by atoms with E-state index >= 15 is 0 Å². The molecule has 8 heteroatoms. The number of ether oxygens (including phenoxy) is 2. The summed E-state index contributed by atoms with van der Waals surface area (Å²) in [6.45, 7) is 2.59. The van der Waals surface area contributed by atoms with Gasteiger partial charge in [0, 0.05) is 42.3 Å². The number of carbonyl (C=O) groups is 1. The number of rotatable bonds is 5. The van der Waals surface area contributed by atoms with Gasteiger partial charge in [0.05, 0.1) is 19.9 Å². The highest BCUT2D eigenvalue weighted by molar-refractivity contribution is 6.30. The molecule has 0 atom stereocenters. The van der Waals surface area contributed by atoms with Crippen molar-refractivity contribution in [3.05, 3.63) is 65.2 Å². The molecule has 1 amide bonds. The molecule has 31 heavy (non-hydrogen) atoms. The molecule has 1 fully saturated rings. The van der Waals surface area contributed by atoms with Crippen molar-refractivity contribution in [2.75, 3.05) is 45.3 Å². The van der Waals surface area contributed by atoms with Gasteiger partial charge in [-0.1, -0.05) is 17.7 Å². The van der Waals surface area contributed by atoms with Crippen LogP contribution in [0.4, 0.5) is 5.82 Å². The van der Waals surface area contributed by atoms with Gasteiger partial charge in [-0.3, -0.25) is 4.79 Å². The zero-order chi connectivity index (χ0) is 21.8. The molecule has 0 spiro atoms. The number of halogens is 1. The predicted molar refractivity (Wildman–Crippen MR) is 120 cm³/mol. The lowest BCUT2D eigenvalue weighted by Crippen LogP contribution is -2.49. The van der Waals surface area contributed by atoms with Crippen LogP contribution in [0, 0.1) is 0 Å². The molecule has 2 heterocycles. The lowest BCUT2D eigenvalue weighted by atomic mass is 10.1. The van der Waals surface area contributed by atoms with E-state index in [1.807, 2.05) is 35.2 Å². The lowest BCUT2D eigenvalue weighted by molar-refractivity contribution is 0.0746. The number of hydrogen-bond donors (Lipinski definition) is 0. The summed E-state index contributed by atoms with van der Waals surface area (Å²) < 4.78 is 10.8. The van der Waals surface area contributed by atoms with E-state index < -0.39 is 0 Å². The Kier molecular flexibility index (Phi) is 6.23. The fourth-order valence-electron chi connectivity index (χ4n) is 3.59. The van der Waals surface area contributed by atoms with Crippen molar-refractivity contribution in [1.82, 2.24) is 15.1 Å². The number of aromatic nitrogens is 2. The molecule has 0 bridgehead atoms. The van der Waals surface area contributed by atoms with E-state index in [0.717, 1.165) is 17.1 Å². The molecule has 3 aromatic rings. The Morgan fingerprint density at radius 2 is 1.74 bits per heavy atom. The van der Waals surface area contributed by atoms with E-state index in [9.17, 15) is 4.79 Å². The minimum atomic E-state index is -0.00583. The summed E-state index contributed by atoms with van der Waals surface area (Å²) >= 11 is 6.01. The number of benzene rings is 2. The zero-order valence-corrected chi connectivity index (χ0v) is 18.2. The van der Waals surface area contributed by atoms with Gasteiger partial charge in [-0.2, -0.15) is 0 Å². The molecule has 1 saturated heterocycles. The Bertz CT molecular complexity index is 1070. The average molecular weight is 439 g/mol. The van der Waals surface area contributed by atoms with E-state index in [-0.39, 0.29) is 5.91 Å². The standard InChI is InChI=1S/C23H23ClN4O3/c1-30-18-6-8-21(31-2)19(15-18)20-7-9-22(26-25-20)27-10-12-28(13-11-27)23(29)16-4-3-5-17(24)14-16/h3-9,14-15H,10-13H2,1-2H3. The Balaban J connectivity index is 1.44. The van der Waals surface area contributed by atoms with Crippen LogP contribution in [0.25, 0.3) is 11.3 Å². The minimum absolute atomic E-state index is 0.00583. The van der Waals surface area contributed by atoms with Crippen LogP contribution in [0.3, 0.4) is 0 Å². The molecule has 2 aromatic carbocycles. The van der Waals surface area contributed by atoms with Crippen molar-refractivity contribution in [3.8, 4) is 22.8 Å². The molecule has 160 valence electrons. The molecule has 4 rings (SSSR count). The summed E-state index contributed by atoms with van der Waals surface area (Å²) in [5, 5.41) is 9.37. The summed E-state index contributed by atoms with van der Waals surface area (Å²) in [4.78, 5) is 16.7. The van der Waals surface area contributed by atoms with Gasteiger partial charge in [0.25, 0.3) is 5.91 Å². The van der Waals surface area contributed by atoms with Crippen molar-refractivity contribution < 1.29 is 14.3 Å². The maximum absolute atomic E-state index is 12.7. The van der Waals surface area contributed by atoms with Crippen LogP contribution in [-0.2, 0) is 0 Å². The molecule has 0 N–H and O–H groups in total. The van der Waals surface area contributed by atoms with Gasteiger partial charge in [0.15, 0.2) is 5.82 Å². The molecule has 7 nitrogen and oxygen atoms in total. The number of methoxy groups -OCH3 is 2. The van der Waals surface area contributed by atoms with Crippen LogP contribution in [0.5, 0.6) is 11.5 Å². The van der Waals surface area contributed by atoms with E-state index in [1.54, 1.807) is 38.5 Å². The van der Waals surface area contributed by atoms with Gasteiger partial charge in [-0.25, -0.2) is 0 Å². The Morgan fingerprint density at radius 1 is 0.935 bits per heavy atom. The van der Waals surface area contributed by atoms with Gasteiger partial charge >= 0.3 is 0 Å². The summed E-state index contributed by atoms with van der Waals surface area (Å²) in [7, 11) is 3.24. The molecular formula is C23H23ClN4O3. The molecule has 1 aromatic heterocycles. The van der Waals surface area contributed by atoms with E-state index in [0.29, 0.717) is 48.2 Å². The van der Waals surface area contributed by atoms with Gasteiger partial charge in [0.1, 0.15) is 11.5 Å². The van der Waals surface area contributed by atoms with Crippen molar-refractivity contribution >= 4 is 23.3 Å². The molecule has 1 aliphatic rings. The molecule has 0 unspecified atom stereocenters. The van der Waals surface area contributed by atoms with Crippen molar-refractivity contribution in [3.63, 3.8) is 0 Å². The largest absolute Gasteiger partial charge is 0.497 e. The highest BCUT2D eigenvalue weighted by atomic mass is 35.5. The summed E-state index contributed by atoms with van der Waals surface area (Å²) in [6.07, 6.45) is 0. The Labute approximate surface area is 186 Å². The Morgan fingerprint density at radius 3 is 2.39 bits per heavy atom. The second-order valence-electron chi connectivity index (χ2n) is 7.13.